The van der Waals surface area contributed by atoms with Crippen molar-refractivity contribution in [2.24, 2.45) is 0 Å². The Hall–Kier alpha value is -2.15. The lowest BCUT2D eigenvalue weighted by atomic mass is 10.1. The first-order valence-electron chi connectivity index (χ1n) is 6.89. The van der Waals surface area contributed by atoms with E-state index >= 15 is 0 Å². The summed E-state index contributed by atoms with van der Waals surface area (Å²) in [5, 5.41) is -0.142. The highest BCUT2D eigenvalue weighted by Crippen LogP contribution is 2.34. The molecule has 1 radical (unpaired) electrons. The first kappa shape index (κ1) is 14.4. The number of rotatable bonds is 2. The molecule has 0 fully saturated rings. The van der Waals surface area contributed by atoms with Crippen molar-refractivity contribution in [1.29, 1.82) is 0 Å². The molecule has 0 saturated heterocycles. The van der Waals surface area contributed by atoms with Gasteiger partial charge in [0.25, 0.3) is 0 Å². The van der Waals surface area contributed by atoms with Gasteiger partial charge in [0.15, 0.2) is 11.6 Å². The third-order valence-corrected chi connectivity index (χ3v) is 4.06. The number of fused-ring (bicyclic) bond motifs is 3. The van der Waals surface area contributed by atoms with Crippen LogP contribution in [0, 0.1) is 17.7 Å². The van der Waals surface area contributed by atoms with Gasteiger partial charge in [-0.1, -0.05) is 0 Å². The molecule has 0 saturated carbocycles. The van der Waals surface area contributed by atoms with Gasteiger partial charge in [0.05, 0.1) is 11.7 Å². The van der Waals surface area contributed by atoms with E-state index in [1.54, 1.807) is 4.57 Å². The van der Waals surface area contributed by atoms with Crippen LogP contribution in [0.3, 0.4) is 0 Å². The van der Waals surface area contributed by atoms with Gasteiger partial charge in [-0.3, -0.25) is 0 Å². The molecule has 0 amide bonds. The summed E-state index contributed by atoms with van der Waals surface area (Å²) in [6.07, 6.45) is 2.01. The quantitative estimate of drug-likeness (QED) is 0.669. The summed E-state index contributed by atoms with van der Waals surface area (Å²) in [5.74, 6) is -0.736. The molecule has 1 aromatic carbocycles. The molecule has 0 aliphatic carbocycles. The highest BCUT2D eigenvalue weighted by molar-refractivity contribution is 6.28. The smallest absolute Gasteiger partial charge is 0.223 e. The second-order valence-electron chi connectivity index (χ2n) is 5.22. The normalized spacial score (nSPS) is 14.6. The predicted octanol–water partition coefficient (Wildman–Crippen LogP) is 3.72. The summed E-state index contributed by atoms with van der Waals surface area (Å²) in [4.78, 5) is 11.6. The van der Waals surface area contributed by atoms with Gasteiger partial charge in [-0.05, 0) is 30.2 Å². The van der Waals surface area contributed by atoms with Crippen LogP contribution in [0.15, 0.2) is 18.3 Å². The molecule has 3 aromatic rings. The van der Waals surface area contributed by atoms with E-state index in [1.165, 1.54) is 6.07 Å². The number of halogens is 4. The van der Waals surface area contributed by atoms with Crippen molar-refractivity contribution >= 4 is 22.6 Å². The zero-order chi connectivity index (χ0) is 16.1. The van der Waals surface area contributed by atoms with Crippen molar-refractivity contribution in [2.75, 3.05) is 6.67 Å². The average Bonchev–Trinajstić information content (AvgIpc) is 3.09. The molecular weight excluding hydrogens is 329 g/mol. The first-order chi connectivity index (χ1) is 11.1. The Balaban J connectivity index is 1.98. The molecule has 8 heteroatoms. The van der Waals surface area contributed by atoms with Crippen LogP contribution < -0.4 is 0 Å². The largest absolute Gasteiger partial charge is 0.316 e. The number of aromatic nitrogens is 4. The number of alkyl halides is 1. The first-order valence-corrected chi connectivity index (χ1v) is 7.26. The fourth-order valence-corrected chi connectivity index (χ4v) is 3.02. The number of benzene rings is 1. The monoisotopic (exact) mass is 337 g/mol. The van der Waals surface area contributed by atoms with Crippen LogP contribution in [-0.2, 0) is 6.42 Å². The lowest BCUT2D eigenvalue weighted by molar-refractivity contribution is 0.476. The summed E-state index contributed by atoms with van der Waals surface area (Å²) in [6, 6.07) is 3.19. The maximum absolute atomic E-state index is 14.4. The average molecular weight is 338 g/mol. The molecule has 4 nitrogen and oxygen atoms in total. The molecule has 4 rings (SSSR count). The van der Waals surface area contributed by atoms with Gasteiger partial charge >= 0.3 is 0 Å². The summed E-state index contributed by atoms with van der Waals surface area (Å²) >= 11 is 5.69. The Labute approximate surface area is 134 Å². The number of aryl methyl sites for hydroxylation is 1. The molecule has 0 bridgehead atoms. The minimum absolute atomic E-state index is 0.110. The molecule has 0 unspecified atom stereocenters. The molecule has 1 aliphatic heterocycles. The van der Waals surface area contributed by atoms with Gasteiger partial charge in [0, 0.05) is 12.0 Å². The number of nitrogens with zero attached hydrogens (tertiary/aromatic N) is 4. The summed E-state index contributed by atoms with van der Waals surface area (Å²) in [6.45, 7) is -0.641. The summed E-state index contributed by atoms with van der Waals surface area (Å²) in [7, 11) is 0. The molecule has 117 valence electrons. The number of hydrogen-bond donors (Lipinski definition) is 0. The molecule has 1 aliphatic rings. The van der Waals surface area contributed by atoms with Crippen molar-refractivity contribution in [1.82, 2.24) is 19.5 Å². The molecule has 0 atom stereocenters. The van der Waals surface area contributed by atoms with Gasteiger partial charge in [-0.25, -0.2) is 28.1 Å². The number of hydrogen-bond acceptors (Lipinski definition) is 3. The molecule has 23 heavy (non-hydrogen) atoms. The topological polar surface area (TPSA) is 43.6 Å². The third kappa shape index (κ3) is 2.18. The van der Waals surface area contributed by atoms with Crippen LogP contribution in [-0.4, -0.2) is 26.2 Å². The summed E-state index contributed by atoms with van der Waals surface area (Å²) in [5.41, 5.74) is 0.620. The van der Waals surface area contributed by atoms with E-state index in [-0.39, 0.29) is 22.1 Å². The highest BCUT2D eigenvalue weighted by Gasteiger charge is 2.28. The van der Waals surface area contributed by atoms with E-state index in [0.29, 0.717) is 30.2 Å². The van der Waals surface area contributed by atoms with E-state index in [4.69, 9.17) is 11.6 Å². The van der Waals surface area contributed by atoms with E-state index in [1.807, 2.05) is 0 Å². The van der Waals surface area contributed by atoms with Crippen molar-refractivity contribution in [3.8, 4) is 11.3 Å². The van der Waals surface area contributed by atoms with Crippen molar-refractivity contribution < 1.29 is 13.2 Å². The second kappa shape index (κ2) is 5.19. The Bertz CT molecular complexity index is 925. The van der Waals surface area contributed by atoms with Crippen LogP contribution >= 0.6 is 11.6 Å². The molecule has 2 aromatic heterocycles. The Morgan fingerprint density at radius 2 is 1.96 bits per heavy atom. The standard InChI is InChI=1S/C15H9ClF3N4/c16-15-20-6-10(19)13(22-15)7-3-9(18)14-11(4-7)23-8(5-17)1-2-12(23)21-14/h3-4,6H,1-2,5H2. The van der Waals surface area contributed by atoms with E-state index in [0.717, 1.165) is 12.3 Å². The van der Waals surface area contributed by atoms with E-state index < -0.39 is 18.3 Å². The van der Waals surface area contributed by atoms with Crippen molar-refractivity contribution in [3.05, 3.63) is 47.1 Å². The Kier molecular flexibility index (Phi) is 3.26. The fraction of sp³-hybridized carbons (Fsp3) is 0.200. The lowest BCUT2D eigenvalue weighted by Gasteiger charge is -2.10. The van der Waals surface area contributed by atoms with Gasteiger partial charge in [0.2, 0.25) is 5.28 Å². The second-order valence-corrected chi connectivity index (χ2v) is 5.56. The zero-order valence-electron chi connectivity index (χ0n) is 11.7. The van der Waals surface area contributed by atoms with Crippen molar-refractivity contribution in [3.63, 3.8) is 0 Å². The molecular formula is C15H9ClF3N4. The van der Waals surface area contributed by atoms with Crippen LogP contribution in [0.4, 0.5) is 13.2 Å². The van der Waals surface area contributed by atoms with E-state index in [9.17, 15) is 13.2 Å². The highest BCUT2D eigenvalue weighted by atomic mass is 35.5. The minimum Gasteiger partial charge on any atom is -0.316 e. The van der Waals surface area contributed by atoms with Gasteiger partial charge < -0.3 is 4.57 Å². The molecule has 3 heterocycles. The fourth-order valence-electron chi connectivity index (χ4n) is 2.88. The van der Waals surface area contributed by atoms with Crippen LogP contribution in [0.2, 0.25) is 5.28 Å². The predicted molar refractivity (Wildman–Crippen MR) is 78.6 cm³/mol. The van der Waals surface area contributed by atoms with Gasteiger partial charge in [-0.2, -0.15) is 0 Å². The van der Waals surface area contributed by atoms with Crippen molar-refractivity contribution in [2.45, 2.75) is 12.8 Å². The Morgan fingerprint density at radius 3 is 2.74 bits per heavy atom. The van der Waals surface area contributed by atoms with Crippen LogP contribution in [0.1, 0.15) is 12.2 Å². The van der Waals surface area contributed by atoms with Gasteiger partial charge in [0.1, 0.15) is 29.8 Å². The third-order valence-electron chi connectivity index (χ3n) is 3.88. The van der Waals surface area contributed by atoms with E-state index in [2.05, 4.69) is 15.0 Å². The van der Waals surface area contributed by atoms with Crippen LogP contribution in [0.25, 0.3) is 22.3 Å². The SMILES string of the molecule is FC[C]1CCc2nc3c(F)cc(-c4nc(Cl)ncc4F)cc3n21. The van der Waals surface area contributed by atoms with Gasteiger partial charge in [-0.15, -0.1) is 0 Å². The zero-order valence-corrected chi connectivity index (χ0v) is 12.4. The minimum atomic E-state index is -0.719. The maximum atomic E-state index is 14.4. The molecule has 0 N–H and O–H groups in total. The maximum Gasteiger partial charge on any atom is 0.223 e. The Morgan fingerprint density at radius 1 is 1.13 bits per heavy atom. The molecule has 0 spiro atoms. The lowest BCUT2D eigenvalue weighted by Crippen LogP contribution is -2.06. The number of imidazole rings is 1. The van der Waals surface area contributed by atoms with Crippen LogP contribution in [0.5, 0.6) is 0 Å². The summed E-state index contributed by atoms with van der Waals surface area (Å²) < 4.78 is 43.1.